The molecular formula is C22H18ClN3O6. The highest BCUT2D eigenvalue weighted by molar-refractivity contribution is 6.19. The van der Waals surface area contributed by atoms with E-state index >= 15 is 0 Å². The molecule has 0 bridgehead atoms. The lowest BCUT2D eigenvalue weighted by atomic mass is 9.98. The van der Waals surface area contributed by atoms with E-state index in [4.69, 9.17) is 16.3 Å². The average Bonchev–Trinajstić information content (AvgIpc) is 3.47. The van der Waals surface area contributed by atoms with Crippen molar-refractivity contribution in [1.29, 1.82) is 0 Å². The van der Waals surface area contributed by atoms with Gasteiger partial charge in [0.05, 0.1) is 18.3 Å². The quantitative estimate of drug-likeness (QED) is 0.297. The van der Waals surface area contributed by atoms with Crippen LogP contribution < -0.4 is 9.64 Å². The van der Waals surface area contributed by atoms with Crippen LogP contribution in [0, 0.1) is 0 Å². The number of hydrogen-bond donors (Lipinski definition) is 5. The van der Waals surface area contributed by atoms with Gasteiger partial charge in [0.1, 0.15) is 17.1 Å². The molecule has 0 fully saturated rings. The highest BCUT2D eigenvalue weighted by Gasteiger charge is 2.36. The number of benzene rings is 2. The van der Waals surface area contributed by atoms with E-state index in [9.17, 15) is 24.9 Å². The zero-order valence-electron chi connectivity index (χ0n) is 16.8. The molecule has 164 valence electrons. The predicted octanol–water partition coefficient (Wildman–Crippen LogP) is 3.75. The van der Waals surface area contributed by atoms with E-state index in [2.05, 4.69) is 9.97 Å². The van der Waals surface area contributed by atoms with Crippen molar-refractivity contribution in [3.8, 4) is 17.2 Å². The van der Waals surface area contributed by atoms with Crippen molar-refractivity contribution in [3.05, 3.63) is 47.3 Å². The fourth-order valence-electron chi connectivity index (χ4n) is 4.36. The van der Waals surface area contributed by atoms with E-state index in [-0.39, 0.29) is 52.9 Å². The summed E-state index contributed by atoms with van der Waals surface area (Å²) in [5, 5.41) is 31.0. The number of aromatic hydroxyl groups is 2. The molecule has 0 saturated carbocycles. The molecule has 5 N–H and O–H groups in total. The number of aromatic carboxylic acids is 1. The number of nitrogens with zero attached hydrogens (tertiary/aromatic N) is 1. The number of aromatic nitrogens is 2. The summed E-state index contributed by atoms with van der Waals surface area (Å²) >= 11 is 6.20. The smallest absolute Gasteiger partial charge is 0.352 e. The van der Waals surface area contributed by atoms with E-state index in [0.717, 1.165) is 0 Å². The Hall–Kier alpha value is -3.85. The molecule has 10 heteroatoms. The summed E-state index contributed by atoms with van der Waals surface area (Å²) in [6, 6.07) is 7.62. The van der Waals surface area contributed by atoms with Crippen LogP contribution in [0.15, 0.2) is 30.3 Å². The number of anilines is 1. The van der Waals surface area contributed by atoms with Crippen molar-refractivity contribution < 1.29 is 29.6 Å². The number of halogens is 1. The molecule has 1 aliphatic heterocycles. The number of carboxylic acid groups (broad SMARTS) is 1. The molecular weight excluding hydrogens is 438 g/mol. The third kappa shape index (κ3) is 2.85. The molecule has 0 saturated heterocycles. The minimum Gasteiger partial charge on any atom is -0.506 e. The molecule has 4 aromatic rings. The number of ether oxygens (including phenoxy) is 1. The number of methoxy groups -OCH3 is 1. The number of aromatic amines is 2. The maximum atomic E-state index is 13.4. The number of fused-ring (bicyclic) bond motifs is 4. The average molecular weight is 456 g/mol. The van der Waals surface area contributed by atoms with Gasteiger partial charge in [-0.2, -0.15) is 0 Å². The standard InChI is InChI=1S/C22H18ClN3O6/c1-32-18-5-12-9(3-16(18)27)2-13(24-12)21(29)26-8-10(7-23)19-11-4-14(22(30)31)25-20(11)17(28)6-15(19)26/h2-6,10,24-25,27-28H,7-8H2,1H3,(H,30,31)/t10-/m1/s1. The summed E-state index contributed by atoms with van der Waals surface area (Å²) in [7, 11) is 1.44. The summed E-state index contributed by atoms with van der Waals surface area (Å²) in [6.07, 6.45) is 0. The van der Waals surface area contributed by atoms with Crippen LogP contribution in [0.1, 0.15) is 32.5 Å². The Morgan fingerprint density at radius 3 is 2.59 bits per heavy atom. The van der Waals surface area contributed by atoms with E-state index in [1.54, 1.807) is 12.1 Å². The van der Waals surface area contributed by atoms with Gasteiger partial charge in [-0.3, -0.25) is 4.79 Å². The first-order valence-electron chi connectivity index (χ1n) is 9.71. The Kier molecular flexibility index (Phi) is 4.45. The molecule has 1 atom stereocenters. The summed E-state index contributed by atoms with van der Waals surface area (Å²) in [6.45, 7) is 0.272. The number of rotatable bonds is 4. The monoisotopic (exact) mass is 455 g/mol. The van der Waals surface area contributed by atoms with Crippen LogP contribution in [-0.2, 0) is 0 Å². The Morgan fingerprint density at radius 2 is 1.91 bits per heavy atom. The first kappa shape index (κ1) is 20.1. The molecule has 2 aromatic carbocycles. The van der Waals surface area contributed by atoms with Gasteiger partial charge in [0.2, 0.25) is 0 Å². The maximum Gasteiger partial charge on any atom is 0.352 e. The number of phenolic OH excluding ortho intramolecular Hbond substituents is 2. The number of alkyl halides is 1. The van der Waals surface area contributed by atoms with Crippen molar-refractivity contribution in [2.75, 3.05) is 24.4 Å². The molecule has 9 nitrogen and oxygen atoms in total. The van der Waals surface area contributed by atoms with Crippen molar-refractivity contribution in [2.24, 2.45) is 0 Å². The van der Waals surface area contributed by atoms with Gasteiger partial charge in [0, 0.05) is 46.8 Å². The van der Waals surface area contributed by atoms with E-state index < -0.39 is 5.97 Å². The molecule has 1 aliphatic rings. The topological polar surface area (TPSA) is 139 Å². The maximum absolute atomic E-state index is 13.4. The van der Waals surface area contributed by atoms with Gasteiger partial charge >= 0.3 is 5.97 Å². The number of carboxylic acids is 1. The lowest BCUT2D eigenvalue weighted by Gasteiger charge is -2.17. The normalized spacial score (nSPS) is 15.4. The second-order valence-electron chi connectivity index (χ2n) is 7.67. The van der Waals surface area contributed by atoms with Crippen LogP contribution in [0.5, 0.6) is 17.2 Å². The summed E-state index contributed by atoms with van der Waals surface area (Å²) < 4.78 is 5.12. The van der Waals surface area contributed by atoms with Gasteiger partial charge in [-0.15, -0.1) is 11.6 Å². The molecule has 0 unspecified atom stereocenters. The number of amides is 1. The fourth-order valence-corrected chi connectivity index (χ4v) is 4.61. The van der Waals surface area contributed by atoms with Crippen LogP contribution >= 0.6 is 11.6 Å². The second kappa shape index (κ2) is 7.10. The molecule has 2 aromatic heterocycles. The van der Waals surface area contributed by atoms with Crippen LogP contribution in [0.4, 0.5) is 5.69 Å². The van der Waals surface area contributed by atoms with Crippen LogP contribution in [0.25, 0.3) is 21.8 Å². The van der Waals surface area contributed by atoms with Gasteiger partial charge in [-0.05, 0) is 23.8 Å². The number of H-pyrrole nitrogens is 2. The Labute approximate surface area is 185 Å². The third-order valence-electron chi connectivity index (χ3n) is 5.83. The number of carbonyl (C=O) groups excluding carboxylic acids is 1. The lowest BCUT2D eigenvalue weighted by Crippen LogP contribution is -2.30. The second-order valence-corrected chi connectivity index (χ2v) is 7.98. The number of hydrogen-bond acceptors (Lipinski definition) is 5. The van der Waals surface area contributed by atoms with Gasteiger partial charge in [-0.25, -0.2) is 4.79 Å². The molecule has 0 radical (unpaired) electrons. The third-order valence-corrected chi connectivity index (χ3v) is 6.20. The highest BCUT2D eigenvalue weighted by atomic mass is 35.5. The SMILES string of the molecule is COc1cc2[nH]c(C(=O)N3C[C@@H](CCl)c4c3cc(O)c3[nH]c(C(=O)O)cc43)cc2cc1O. The molecule has 32 heavy (non-hydrogen) atoms. The van der Waals surface area contributed by atoms with Crippen molar-refractivity contribution in [2.45, 2.75) is 5.92 Å². The van der Waals surface area contributed by atoms with E-state index in [0.29, 0.717) is 33.1 Å². The van der Waals surface area contributed by atoms with Crippen molar-refractivity contribution >= 4 is 51.0 Å². The van der Waals surface area contributed by atoms with Crippen LogP contribution in [-0.4, -0.2) is 56.7 Å². The Bertz CT molecular complexity index is 1420. The predicted molar refractivity (Wildman–Crippen MR) is 119 cm³/mol. The van der Waals surface area contributed by atoms with E-state index in [1.807, 2.05) is 0 Å². The lowest BCUT2D eigenvalue weighted by molar-refractivity contribution is 0.0691. The summed E-state index contributed by atoms with van der Waals surface area (Å²) in [4.78, 5) is 32.1. The van der Waals surface area contributed by atoms with Gasteiger partial charge in [0.15, 0.2) is 11.5 Å². The number of carbonyl (C=O) groups is 2. The highest BCUT2D eigenvalue weighted by Crippen LogP contribution is 2.46. The van der Waals surface area contributed by atoms with Gasteiger partial charge < -0.3 is 34.9 Å². The minimum atomic E-state index is -1.15. The van der Waals surface area contributed by atoms with Crippen molar-refractivity contribution in [1.82, 2.24) is 9.97 Å². The largest absolute Gasteiger partial charge is 0.506 e. The van der Waals surface area contributed by atoms with Crippen LogP contribution in [0.3, 0.4) is 0 Å². The zero-order valence-corrected chi connectivity index (χ0v) is 17.5. The molecule has 3 heterocycles. The van der Waals surface area contributed by atoms with Gasteiger partial charge in [-0.1, -0.05) is 0 Å². The fraction of sp³-hybridized carbons (Fsp3) is 0.182. The molecule has 0 spiro atoms. The zero-order chi connectivity index (χ0) is 22.7. The summed E-state index contributed by atoms with van der Waals surface area (Å²) in [5.41, 5.74) is 2.31. The first-order valence-corrected chi connectivity index (χ1v) is 10.2. The molecule has 5 rings (SSSR count). The number of phenols is 2. The molecule has 1 amide bonds. The minimum absolute atomic E-state index is 0.0410. The van der Waals surface area contributed by atoms with E-state index in [1.165, 1.54) is 30.2 Å². The summed E-state index contributed by atoms with van der Waals surface area (Å²) in [5.74, 6) is -1.46. The Balaban J connectivity index is 1.62. The molecule has 0 aliphatic carbocycles. The van der Waals surface area contributed by atoms with Crippen molar-refractivity contribution in [3.63, 3.8) is 0 Å². The first-order chi connectivity index (χ1) is 15.3. The number of nitrogens with one attached hydrogen (secondary N) is 2. The van der Waals surface area contributed by atoms with Gasteiger partial charge in [0.25, 0.3) is 5.91 Å². The van der Waals surface area contributed by atoms with Crippen LogP contribution in [0.2, 0.25) is 0 Å². The Morgan fingerprint density at radius 1 is 1.12 bits per heavy atom.